The van der Waals surface area contributed by atoms with E-state index in [0.29, 0.717) is 35.2 Å². The molecule has 2 heterocycles. The van der Waals surface area contributed by atoms with Crippen molar-refractivity contribution in [3.05, 3.63) is 48.3 Å². The normalized spacial score (nSPS) is 18.5. The van der Waals surface area contributed by atoms with E-state index in [1.54, 1.807) is 30.3 Å². The van der Waals surface area contributed by atoms with Crippen LogP contribution in [-0.2, 0) is 14.8 Å². The third kappa shape index (κ3) is 4.75. The minimum Gasteiger partial charge on any atom is -0.444 e. The zero-order chi connectivity index (χ0) is 24.0. The minimum absolute atomic E-state index is 0.00224. The number of alkyl carbamates (subject to hydrolysis) is 1. The molecule has 2 aromatic heterocycles. The van der Waals surface area contributed by atoms with Crippen LogP contribution in [0, 0.1) is 6.92 Å². The van der Waals surface area contributed by atoms with Crippen LogP contribution in [-0.4, -0.2) is 41.2 Å². The van der Waals surface area contributed by atoms with Crippen LogP contribution in [0.5, 0.6) is 0 Å². The Balaban J connectivity index is 1.51. The molecule has 9 nitrogen and oxygen atoms in total. The van der Waals surface area contributed by atoms with Crippen molar-refractivity contribution in [1.29, 1.82) is 0 Å². The van der Waals surface area contributed by atoms with Crippen molar-refractivity contribution in [3.63, 3.8) is 0 Å². The molecule has 0 unspecified atom stereocenters. The number of nitrogens with two attached hydrogens (primary N) is 1. The molecular formula is C23H29N5O4S. The van der Waals surface area contributed by atoms with E-state index in [-0.39, 0.29) is 17.0 Å². The number of rotatable bonds is 5. The molecule has 4 rings (SSSR count). The first-order chi connectivity index (χ1) is 15.4. The van der Waals surface area contributed by atoms with Gasteiger partial charge < -0.3 is 21.1 Å². The maximum atomic E-state index is 13.2. The van der Waals surface area contributed by atoms with E-state index in [1.165, 1.54) is 16.4 Å². The van der Waals surface area contributed by atoms with E-state index in [1.807, 2.05) is 27.7 Å². The van der Waals surface area contributed by atoms with E-state index in [9.17, 15) is 13.2 Å². The van der Waals surface area contributed by atoms with Crippen LogP contribution >= 0.6 is 0 Å². The van der Waals surface area contributed by atoms with Gasteiger partial charge in [0.1, 0.15) is 5.60 Å². The molecule has 10 heteroatoms. The number of carbonyl (C=O) groups excluding carboxylic acids is 1. The number of nitrogens with zero attached hydrogens (tertiary/aromatic N) is 2. The Morgan fingerprint density at radius 1 is 1.15 bits per heavy atom. The van der Waals surface area contributed by atoms with Crippen LogP contribution in [0.3, 0.4) is 0 Å². The molecule has 1 amide bonds. The number of benzene rings is 1. The number of nitrogens with one attached hydrogen (secondary N) is 2. The second-order valence-corrected chi connectivity index (χ2v) is 11.2. The van der Waals surface area contributed by atoms with Gasteiger partial charge in [0.15, 0.2) is 5.65 Å². The highest BCUT2D eigenvalue weighted by molar-refractivity contribution is 7.90. The number of nitrogen functional groups attached to an aromatic ring is 1. The van der Waals surface area contributed by atoms with Gasteiger partial charge in [0, 0.05) is 23.7 Å². The van der Waals surface area contributed by atoms with Gasteiger partial charge in [-0.1, -0.05) is 17.7 Å². The number of ether oxygens (including phenoxy) is 1. The summed E-state index contributed by atoms with van der Waals surface area (Å²) in [6.45, 7) is 7.36. The van der Waals surface area contributed by atoms with Crippen molar-refractivity contribution < 1.29 is 17.9 Å². The molecule has 0 aliphatic heterocycles. The van der Waals surface area contributed by atoms with Gasteiger partial charge in [0.2, 0.25) is 0 Å². The zero-order valence-electron chi connectivity index (χ0n) is 19.1. The van der Waals surface area contributed by atoms with Gasteiger partial charge in [-0.25, -0.2) is 22.2 Å². The fourth-order valence-electron chi connectivity index (χ4n) is 3.79. The first-order valence-electron chi connectivity index (χ1n) is 10.8. The molecule has 1 saturated carbocycles. The summed E-state index contributed by atoms with van der Waals surface area (Å²) in [4.78, 5) is 16.4. The quantitative estimate of drug-likeness (QED) is 0.518. The van der Waals surface area contributed by atoms with Crippen LogP contribution in [0.2, 0.25) is 0 Å². The van der Waals surface area contributed by atoms with E-state index in [0.717, 1.165) is 5.56 Å². The number of hydrogen-bond acceptors (Lipinski definition) is 7. The fraction of sp³-hybridized carbons (Fsp3) is 0.391. The smallest absolute Gasteiger partial charge is 0.407 e. The topological polar surface area (TPSA) is 128 Å². The molecule has 0 bridgehead atoms. The maximum Gasteiger partial charge on any atom is 0.407 e. The molecule has 176 valence electrons. The molecule has 0 saturated heterocycles. The van der Waals surface area contributed by atoms with E-state index in [2.05, 4.69) is 15.6 Å². The molecule has 0 atom stereocenters. The zero-order valence-corrected chi connectivity index (χ0v) is 19.9. The lowest BCUT2D eigenvalue weighted by atomic mass is 9.86. The Kier molecular flexibility index (Phi) is 5.73. The molecule has 1 fully saturated rings. The first kappa shape index (κ1) is 22.9. The summed E-state index contributed by atoms with van der Waals surface area (Å²) in [6.07, 6.45) is 3.91. The Morgan fingerprint density at radius 3 is 2.45 bits per heavy atom. The number of aromatic nitrogens is 2. The highest BCUT2D eigenvalue weighted by atomic mass is 32.2. The molecule has 1 aromatic carbocycles. The van der Waals surface area contributed by atoms with Crippen molar-refractivity contribution >= 4 is 38.5 Å². The lowest BCUT2D eigenvalue weighted by molar-refractivity contribution is 0.0475. The molecule has 33 heavy (non-hydrogen) atoms. The van der Waals surface area contributed by atoms with Gasteiger partial charge in [-0.05, 0) is 58.7 Å². The highest BCUT2D eigenvalue weighted by Crippen LogP contribution is 2.34. The van der Waals surface area contributed by atoms with Gasteiger partial charge in [-0.15, -0.1) is 0 Å². The molecular weight excluding hydrogens is 442 g/mol. The fourth-order valence-corrected chi connectivity index (χ4v) is 5.09. The highest BCUT2D eigenvalue weighted by Gasteiger charge is 2.32. The van der Waals surface area contributed by atoms with Crippen LogP contribution in [0.4, 0.5) is 16.2 Å². The van der Waals surface area contributed by atoms with Crippen molar-refractivity contribution in [2.75, 3.05) is 11.1 Å². The minimum atomic E-state index is -3.80. The van der Waals surface area contributed by atoms with Gasteiger partial charge in [0.05, 0.1) is 22.5 Å². The Morgan fingerprint density at radius 2 is 1.82 bits per heavy atom. The average molecular weight is 472 g/mol. The number of carbonyl (C=O) groups is 1. The third-order valence-corrected chi connectivity index (χ3v) is 7.18. The summed E-state index contributed by atoms with van der Waals surface area (Å²) in [7, 11) is -3.80. The number of amides is 1. The first-order valence-corrected chi connectivity index (χ1v) is 12.2. The summed E-state index contributed by atoms with van der Waals surface area (Å²) in [5.74, 6) is 0. The number of pyridine rings is 1. The van der Waals surface area contributed by atoms with Crippen LogP contribution in [0.1, 0.15) is 39.2 Å². The van der Waals surface area contributed by atoms with Crippen molar-refractivity contribution in [1.82, 2.24) is 14.3 Å². The number of anilines is 2. The number of hydrogen-bond donors (Lipinski definition) is 3. The predicted octanol–water partition coefficient (Wildman–Crippen LogP) is 3.63. The Hall–Kier alpha value is -3.27. The van der Waals surface area contributed by atoms with E-state index in [4.69, 9.17) is 10.5 Å². The average Bonchev–Trinajstić information content (AvgIpc) is 3.12. The Bertz CT molecular complexity index is 1290. The SMILES string of the molecule is Cc1ccc(S(=O)(=O)n2ccc3c(N[C@H]4C[C@@H](NC(=O)OC(C)(C)C)C4)c(N)cnc32)cc1. The van der Waals surface area contributed by atoms with Gasteiger partial charge in [-0.3, -0.25) is 0 Å². The van der Waals surface area contributed by atoms with Crippen molar-refractivity contribution in [2.45, 2.75) is 63.1 Å². The lowest BCUT2D eigenvalue weighted by Crippen LogP contribution is -2.50. The summed E-state index contributed by atoms with van der Waals surface area (Å²) < 4.78 is 32.8. The van der Waals surface area contributed by atoms with Gasteiger partial charge in [-0.2, -0.15) is 0 Å². The van der Waals surface area contributed by atoms with Crippen LogP contribution < -0.4 is 16.4 Å². The van der Waals surface area contributed by atoms with Gasteiger partial charge >= 0.3 is 6.09 Å². The van der Waals surface area contributed by atoms with Crippen molar-refractivity contribution in [2.24, 2.45) is 0 Å². The Labute approximate surface area is 193 Å². The summed E-state index contributed by atoms with van der Waals surface area (Å²) in [5.41, 5.74) is 7.97. The standard InChI is InChI=1S/C23H29N5O4S/c1-14-5-7-17(8-6-14)33(30,31)28-10-9-18-20(19(24)13-25-21(18)28)26-15-11-16(12-15)27-22(29)32-23(2,3)4/h5-10,13,15-16H,11-12,24H2,1-4H3,(H,25,26)(H,27,29)/t15-,16+. The summed E-state index contributed by atoms with van der Waals surface area (Å²) in [5, 5.41) is 6.87. The molecule has 3 aromatic rings. The second kappa shape index (κ2) is 8.26. The monoisotopic (exact) mass is 471 g/mol. The summed E-state index contributed by atoms with van der Waals surface area (Å²) in [6, 6.07) is 8.46. The van der Waals surface area contributed by atoms with Crippen molar-refractivity contribution in [3.8, 4) is 0 Å². The van der Waals surface area contributed by atoms with Gasteiger partial charge in [0.25, 0.3) is 10.0 Å². The maximum absolute atomic E-state index is 13.2. The second-order valence-electron chi connectivity index (χ2n) is 9.41. The van der Waals surface area contributed by atoms with Crippen LogP contribution in [0.25, 0.3) is 11.0 Å². The van der Waals surface area contributed by atoms with E-state index >= 15 is 0 Å². The molecule has 1 aliphatic carbocycles. The van der Waals surface area contributed by atoms with E-state index < -0.39 is 21.7 Å². The number of aryl methyl sites for hydroxylation is 1. The molecule has 1 aliphatic rings. The molecule has 0 spiro atoms. The molecule has 0 radical (unpaired) electrons. The summed E-state index contributed by atoms with van der Waals surface area (Å²) >= 11 is 0. The molecule has 4 N–H and O–H groups in total. The van der Waals surface area contributed by atoms with Crippen LogP contribution in [0.15, 0.2) is 47.6 Å². The largest absolute Gasteiger partial charge is 0.444 e. The predicted molar refractivity (Wildman–Crippen MR) is 128 cm³/mol. The lowest BCUT2D eigenvalue weighted by Gasteiger charge is -2.37. The third-order valence-electron chi connectivity index (χ3n) is 5.50. The number of fused-ring (bicyclic) bond motifs is 1.